The Labute approximate surface area is 182 Å². The molecule has 0 saturated carbocycles. The highest BCUT2D eigenvalue weighted by Gasteiger charge is 2.19. The van der Waals surface area contributed by atoms with Gasteiger partial charge in [-0.3, -0.25) is 9.59 Å². The number of nitrogens with two attached hydrogens (primary N) is 1. The number of ether oxygens (including phenoxy) is 5. The lowest BCUT2D eigenvalue weighted by Gasteiger charge is -2.13. The number of amides is 2. The van der Waals surface area contributed by atoms with Crippen LogP contribution in [0.5, 0.6) is 23.0 Å². The van der Waals surface area contributed by atoms with Crippen LogP contribution in [0.15, 0.2) is 30.3 Å². The number of benzene rings is 2. The lowest BCUT2D eigenvalue weighted by Crippen LogP contribution is -2.28. The first-order valence-electron chi connectivity index (χ1n) is 8.98. The number of nitrogens with one attached hydrogen (secondary N) is 1. The predicted molar refractivity (Wildman–Crippen MR) is 107 cm³/mol. The zero-order chi connectivity index (χ0) is 22.4. The number of esters is 1. The van der Waals surface area contributed by atoms with Crippen molar-refractivity contribution >= 4 is 29.4 Å². The number of primary amides is 1. The van der Waals surface area contributed by atoms with Crippen LogP contribution in [0.25, 0.3) is 0 Å². The molecule has 0 atom stereocenters. The number of halogens is 1. The molecule has 1 heterocycles. The van der Waals surface area contributed by atoms with Gasteiger partial charge in [0.05, 0.1) is 17.7 Å². The zero-order valence-electron chi connectivity index (χ0n) is 16.4. The smallest absolute Gasteiger partial charge is 0.338 e. The maximum atomic E-state index is 12.3. The summed E-state index contributed by atoms with van der Waals surface area (Å²) in [5, 5.41) is 2.65. The first kappa shape index (κ1) is 22.0. The van der Waals surface area contributed by atoms with Gasteiger partial charge in [-0.15, -0.1) is 0 Å². The standard InChI is InChI=1S/C20H19ClN2O8/c1-27-16-6-12(5-13(21)19(16)28-8-17(22)24)20(26)29-9-18(25)23-7-11-2-3-14-15(4-11)31-10-30-14/h2-6H,7-10H2,1H3,(H2,22,24)(H,23,25). The average molecular weight is 451 g/mol. The van der Waals surface area contributed by atoms with Crippen molar-refractivity contribution in [1.29, 1.82) is 0 Å². The number of carbonyl (C=O) groups excluding carboxylic acids is 3. The molecule has 31 heavy (non-hydrogen) atoms. The third kappa shape index (κ3) is 5.70. The van der Waals surface area contributed by atoms with E-state index in [0.29, 0.717) is 11.5 Å². The van der Waals surface area contributed by atoms with E-state index in [1.54, 1.807) is 18.2 Å². The van der Waals surface area contributed by atoms with E-state index >= 15 is 0 Å². The van der Waals surface area contributed by atoms with E-state index in [4.69, 9.17) is 41.0 Å². The Morgan fingerprint density at radius 1 is 1.13 bits per heavy atom. The van der Waals surface area contributed by atoms with Crippen LogP contribution in [0.1, 0.15) is 15.9 Å². The number of carbonyl (C=O) groups is 3. The van der Waals surface area contributed by atoms with Gasteiger partial charge in [0, 0.05) is 6.54 Å². The summed E-state index contributed by atoms with van der Waals surface area (Å²) in [7, 11) is 1.33. The zero-order valence-corrected chi connectivity index (χ0v) is 17.2. The first-order valence-corrected chi connectivity index (χ1v) is 9.36. The molecule has 2 aromatic rings. The molecular formula is C20H19ClN2O8. The molecule has 0 radical (unpaired) electrons. The van der Waals surface area contributed by atoms with Crippen LogP contribution in [0.3, 0.4) is 0 Å². The van der Waals surface area contributed by atoms with Crippen LogP contribution in [-0.2, 0) is 20.9 Å². The average Bonchev–Trinajstić information content (AvgIpc) is 3.22. The van der Waals surface area contributed by atoms with E-state index in [1.165, 1.54) is 19.2 Å². The Bertz CT molecular complexity index is 1010. The minimum atomic E-state index is -0.792. The molecule has 10 nitrogen and oxygen atoms in total. The van der Waals surface area contributed by atoms with Crippen molar-refractivity contribution in [2.45, 2.75) is 6.54 Å². The SMILES string of the molecule is COc1cc(C(=O)OCC(=O)NCc2ccc3c(c2)OCO3)cc(Cl)c1OCC(N)=O. The van der Waals surface area contributed by atoms with Gasteiger partial charge in [-0.1, -0.05) is 17.7 Å². The van der Waals surface area contributed by atoms with Gasteiger partial charge in [-0.05, 0) is 29.8 Å². The summed E-state index contributed by atoms with van der Waals surface area (Å²) in [6.07, 6.45) is 0. The molecular weight excluding hydrogens is 432 g/mol. The molecule has 0 fully saturated rings. The van der Waals surface area contributed by atoms with Crippen molar-refractivity contribution in [2.75, 3.05) is 27.1 Å². The van der Waals surface area contributed by atoms with E-state index in [2.05, 4.69) is 5.32 Å². The number of fused-ring (bicyclic) bond motifs is 1. The van der Waals surface area contributed by atoms with Crippen molar-refractivity contribution in [1.82, 2.24) is 5.32 Å². The lowest BCUT2D eigenvalue weighted by atomic mass is 10.2. The third-order valence-corrected chi connectivity index (χ3v) is 4.37. The number of hydrogen-bond donors (Lipinski definition) is 2. The van der Waals surface area contributed by atoms with Gasteiger partial charge >= 0.3 is 5.97 Å². The predicted octanol–water partition coefficient (Wildman–Crippen LogP) is 1.41. The van der Waals surface area contributed by atoms with Crippen molar-refractivity contribution in [3.8, 4) is 23.0 Å². The molecule has 0 bridgehead atoms. The minimum absolute atomic E-state index is 0.0137. The second-order valence-electron chi connectivity index (χ2n) is 6.28. The van der Waals surface area contributed by atoms with E-state index in [-0.39, 0.29) is 35.4 Å². The summed E-state index contributed by atoms with van der Waals surface area (Å²) in [5.41, 5.74) is 5.88. The molecule has 0 spiro atoms. The topological polar surface area (TPSA) is 135 Å². The fourth-order valence-electron chi connectivity index (χ4n) is 2.64. The number of rotatable bonds is 9. The second-order valence-corrected chi connectivity index (χ2v) is 6.69. The van der Waals surface area contributed by atoms with Crippen LogP contribution >= 0.6 is 11.6 Å². The molecule has 1 aliphatic rings. The molecule has 11 heteroatoms. The van der Waals surface area contributed by atoms with Crippen molar-refractivity contribution in [3.63, 3.8) is 0 Å². The largest absolute Gasteiger partial charge is 0.493 e. The Kier molecular flexibility index (Phi) is 7.03. The molecule has 1 aliphatic heterocycles. The molecule has 164 valence electrons. The molecule has 3 rings (SSSR count). The van der Waals surface area contributed by atoms with E-state index in [9.17, 15) is 14.4 Å². The van der Waals surface area contributed by atoms with Crippen LogP contribution in [0.4, 0.5) is 0 Å². The summed E-state index contributed by atoms with van der Waals surface area (Å²) in [5.74, 6) is -0.580. The molecule has 2 aromatic carbocycles. The highest BCUT2D eigenvalue weighted by Crippen LogP contribution is 2.36. The van der Waals surface area contributed by atoms with Gasteiger partial charge in [0.15, 0.2) is 36.2 Å². The van der Waals surface area contributed by atoms with E-state index < -0.39 is 31.0 Å². The molecule has 0 unspecified atom stereocenters. The molecule has 2 amide bonds. The molecule has 0 aromatic heterocycles. The van der Waals surface area contributed by atoms with Gasteiger partial charge in [0.1, 0.15) is 0 Å². The van der Waals surface area contributed by atoms with Gasteiger partial charge in [0.25, 0.3) is 11.8 Å². The Balaban J connectivity index is 1.54. The number of methoxy groups -OCH3 is 1. The summed E-state index contributed by atoms with van der Waals surface area (Å²) < 4.78 is 25.8. The molecule has 0 aliphatic carbocycles. The molecule has 0 saturated heterocycles. The maximum absolute atomic E-state index is 12.3. The summed E-state index contributed by atoms with van der Waals surface area (Å²) in [6.45, 7) is -0.528. The first-order chi connectivity index (χ1) is 14.9. The normalized spacial score (nSPS) is 11.5. The van der Waals surface area contributed by atoms with E-state index in [0.717, 1.165) is 5.56 Å². The second kappa shape index (κ2) is 9.90. The van der Waals surface area contributed by atoms with Crippen LogP contribution < -0.4 is 30.0 Å². The Morgan fingerprint density at radius 3 is 2.65 bits per heavy atom. The maximum Gasteiger partial charge on any atom is 0.338 e. The van der Waals surface area contributed by atoms with Crippen LogP contribution in [0.2, 0.25) is 5.02 Å². The Morgan fingerprint density at radius 2 is 1.90 bits per heavy atom. The van der Waals surface area contributed by atoms with Gasteiger partial charge in [-0.2, -0.15) is 0 Å². The van der Waals surface area contributed by atoms with Gasteiger partial charge in [0.2, 0.25) is 6.79 Å². The third-order valence-electron chi connectivity index (χ3n) is 4.08. The fraction of sp³-hybridized carbons (Fsp3) is 0.250. The molecule has 3 N–H and O–H groups in total. The van der Waals surface area contributed by atoms with Crippen molar-refractivity contribution in [3.05, 3.63) is 46.5 Å². The van der Waals surface area contributed by atoms with E-state index in [1.807, 2.05) is 0 Å². The number of hydrogen-bond acceptors (Lipinski definition) is 8. The summed E-state index contributed by atoms with van der Waals surface area (Å²) in [6, 6.07) is 7.88. The van der Waals surface area contributed by atoms with Crippen LogP contribution in [0, 0.1) is 0 Å². The lowest BCUT2D eigenvalue weighted by molar-refractivity contribution is -0.124. The van der Waals surface area contributed by atoms with Crippen molar-refractivity contribution in [2.24, 2.45) is 5.73 Å². The quantitative estimate of drug-likeness (QED) is 0.547. The minimum Gasteiger partial charge on any atom is -0.493 e. The summed E-state index contributed by atoms with van der Waals surface area (Å²) >= 11 is 6.10. The summed E-state index contributed by atoms with van der Waals surface area (Å²) in [4.78, 5) is 35.2. The fourth-order valence-corrected chi connectivity index (χ4v) is 2.90. The van der Waals surface area contributed by atoms with Gasteiger partial charge < -0.3 is 34.7 Å². The van der Waals surface area contributed by atoms with Crippen molar-refractivity contribution < 1.29 is 38.1 Å². The monoisotopic (exact) mass is 450 g/mol. The highest BCUT2D eigenvalue weighted by molar-refractivity contribution is 6.32. The Hall–Kier alpha value is -3.66. The highest BCUT2D eigenvalue weighted by atomic mass is 35.5. The van der Waals surface area contributed by atoms with Gasteiger partial charge in [-0.25, -0.2) is 4.79 Å². The van der Waals surface area contributed by atoms with Crippen LogP contribution in [-0.4, -0.2) is 44.9 Å².